The van der Waals surface area contributed by atoms with E-state index in [1.165, 1.54) is 21.5 Å². The van der Waals surface area contributed by atoms with Crippen molar-refractivity contribution in [2.24, 2.45) is 10.2 Å². The standard InChI is InChI=1S/C18H13N3/c1-2-7-15-13(5-1)10-11-14-6-3-8-16(18(14)15)17-9-4-12-19-21-20-17/h1-12,21H. The number of nitrogens with one attached hydrogen (secondary N) is 1. The summed E-state index contributed by atoms with van der Waals surface area (Å²) in [6, 6.07) is 19.1. The molecule has 3 heteroatoms. The minimum Gasteiger partial charge on any atom is -0.198 e. The van der Waals surface area contributed by atoms with Crippen molar-refractivity contribution < 1.29 is 0 Å². The van der Waals surface area contributed by atoms with Gasteiger partial charge in [0, 0.05) is 11.8 Å². The largest absolute Gasteiger partial charge is 0.198 e. The second-order valence-electron chi connectivity index (χ2n) is 4.92. The Morgan fingerprint density at radius 3 is 2.67 bits per heavy atom. The summed E-state index contributed by atoms with van der Waals surface area (Å²) in [6.07, 6.45) is 5.56. The highest BCUT2D eigenvalue weighted by Gasteiger charge is 2.09. The molecule has 0 bridgehead atoms. The number of fused-ring (bicyclic) bond motifs is 3. The van der Waals surface area contributed by atoms with Crippen LogP contribution < -0.4 is 5.53 Å². The third-order valence-corrected chi connectivity index (χ3v) is 3.69. The Bertz CT molecular complexity index is 920. The summed E-state index contributed by atoms with van der Waals surface area (Å²) < 4.78 is 0. The topological polar surface area (TPSA) is 36.8 Å². The lowest BCUT2D eigenvalue weighted by atomic mass is 9.95. The van der Waals surface area contributed by atoms with E-state index in [2.05, 4.69) is 70.3 Å². The SMILES string of the molecule is C1=CC(c2cccc3ccc4ccccc4c23)=NNN=C1. The van der Waals surface area contributed by atoms with Gasteiger partial charge in [0.1, 0.15) is 0 Å². The fourth-order valence-electron chi connectivity index (χ4n) is 2.75. The van der Waals surface area contributed by atoms with Crippen LogP contribution in [0.2, 0.25) is 0 Å². The van der Waals surface area contributed by atoms with Crippen molar-refractivity contribution >= 4 is 33.5 Å². The highest BCUT2D eigenvalue weighted by Crippen LogP contribution is 2.29. The van der Waals surface area contributed by atoms with Crippen LogP contribution in [0.4, 0.5) is 0 Å². The van der Waals surface area contributed by atoms with Crippen LogP contribution in [0, 0.1) is 0 Å². The molecule has 3 nitrogen and oxygen atoms in total. The molecule has 0 aliphatic carbocycles. The summed E-state index contributed by atoms with van der Waals surface area (Å²) in [7, 11) is 0. The molecule has 0 fully saturated rings. The molecule has 1 aliphatic rings. The molecule has 3 aromatic carbocycles. The maximum atomic E-state index is 4.33. The van der Waals surface area contributed by atoms with Gasteiger partial charge in [0.2, 0.25) is 0 Å². The van der Waals surface area contributed by atoms with E-state index < -0.39 is 0 Å². The van der Waals surface area contributed by atoms with E-state index in [1.807, 2.05) is 12.2 Å². The van der Waals surface area contributed by atoms with Gasteiger partial charge >= 0.3 is 0 Å². The van der Waals surface area contributed by atoms with Gasteiger partial charge in [-0.25, -0.2) is 0 Å². The molecular formula is C18H13N3. The zero-order valence-corrected chi connectivity index (χ0v) is 11.3. The van der Waals surface area contributed by atoms with Crippen molar-refractivity contribution in [1.82, 2.24) is 5.53 Å². The average Bonchev–Trinajstić information content (AvgIpc) is 2.83. The average molecular weight is 271 g/mol. The number of hydrazone groups is 2. The smallest absolute Gasteiger partial charge is 0.0929 e. The van der Waals surface area contributed by atoms with E-state index >= 15 is 0 Å². The number of hydrogen-bond acceptors (Lipinski definition) is 3. The van der Waals surface area contributed by atoms with Crippen molar-refractivity contribution in [2.75, 3.05) is 0 Å². The predicted molar refractivity (Wildman–Crippen MR) is 88.8 cm³/mol. The maximum Gasteiger partial charge on any atom is 0.0929 e. The van der Waals surface area contributed by atoms with Crippen LogP contribution in [0.15, 0.2) is 77.0 Å². The predicted octanol–water partition coefficient (Wildman–Crippen LogP) is 3.84. The highest BCUT2D eigenvalue weighted by molar-refractivity contribution is 6.23. The van der Waals surface area contributed by atoms with Crippen molar-refractivity contribution in [3.05, 3.63) is 72.3 Å². The number of benzene rings is 3. The molecule has 3 aromatic rings. The quantitative estimate of drug-likeness (QED) is 0.671. The molecule has 100 valence electrons. The summed E-state index contributed by atoms with van der Waals surface area (Å²) in [4.78, 5) is 0. The van der Waals surface area contributed by atoms with E-state index in [-0.39, 0.29) is 0 Å². The van der Waals surface area contributed by atoms with Crippen LogP contribution in [0.1, 0.15) is 5.56 Å². The zero-order valence-electron chi connectivity index (χ0n) is 11.3. The first-order chi connectivity index (χ1) is 10.4. The number of allylic oxidation sites excluding steroid dienone is 2. The molecule has 21 heavy (non-hydrogen) atoms. The van der Waals surface area contributed by atoms with Crippen LogP contribution in [0.5, 0.6) is 0 Å². The molecule has 0 aromatic heterocycles. The molecule has 4 rings (SSSR count). The second kappa shape index (κ2) is 4.87. The Kier molecular flexibility index (Phi) is 2.75. The molecule has 0 unspecified atom stereocenters. The first-order valence-electron chi connectivity index (χ1n) is 6.87. The Balaban J connectivity index is 2.09. The normalized spacial score (nSPS) is 14.0. The first-order valence-corrected chi connectivity index (χ1v) is 6.87. The summed E-state index contributed by atoms with van der Waals surface area (Å²) in [6.45, 7) is 0. The van der Waals surface area contributed by atoms with Crippen LogP contribution >= 0.6 is 0 Å². The van der Waals surface area contributed by atoms with Gasteiger partial charge in [-0.05, 0) is 33.7 Å². The molecule has 0 saturated heterocycles. The number of hydrogen-bond donors (Lipinski definition) is 1. The molecule has 0 spiro atoms. The van der Waals surface area contributed by atoms with E-state index in [1.54, 1.807) is 6.21 Å². The molecule has 0 radical (unpaired) electrons. The van der Waals surface area contributed by atoms with Crippen LogP contribution in [-0.4, -0.2) is 11.9 Å². The van der Waals surface area contributed by atoms with E-state index in [0.717, 1.165) is 11.3 Å². The third-order valence-electron chi connectivity index (χ3n) is 3.69. The Morgan fingerprint density at radius 1 is 0.810 bits per heavy atom. The van der Waals surface area contributed by atoms with Gasteiger partial charge in [-0.15, -0.1) is 0 Å². The van der Waals surface area contributed by atoms with Gasteiger partial charge in [-0.2, -0.15) is 15.7 Å². The van der Waals surface area contributed by atoms with Crippen LogP contribution in [-0.2, 0) is 0 Å². The second-order valence-corrected chi connectivity index (χ2v) is 4.92. The van der Waals surface area contributed by atoms with Gasteiger partial charge in [-0.3, -0.25) is 0 Å². The lowest BCUT2D eigenvalue weighted by Gasteiger charge is -2.09. The minimum atomic E-state index is 0.884. The fraction of sp³-hybridized carbons (Fsp3) is 0. The van der Waals surface area contributed by atoms with Gasteiger partial charge in [0.15, 0.2) is 0 Å². The summed E-state index contributed by atoms with van der Waals surface area (Å²) in [5.41, 5.74) is 4.70. The van der Waals surface area contributed by atoms with Gasteiger partial charge in [0.25, 0.3) is 0 Å². The summed E-state index contributed by atoms with van der Waals surface area (Å²) in [5, 5.41) is 13.2. The summed E-state index contributed by atoms with van der Waals surface area (Å²) >= 11 is 0. The lowest BCUT2D eigenvalue weighted by Crippen LogP contribution is -2.03. The Labute approximate surface area is 122 Å². The van der Waals surface area contributed by atoms with Gasteiger partial charge < -0.3 is 0 Å². The molecule has 0 atom stereocenters. The van der Waals surface area contributed by atoms with Crippen molar-refractivity contribution in [3.8, 4) is 0 Å². The van der Waals surface area contributed by atoms with Crippen LogP contribution in [0.25, 0.3) is 21.5 Å². The van der Waals surface area contributed by atoms with Crippen LogP contribution in [0.3, 0.4) is 0 Å². The maximum absolute atomic E-state index is 4.33. The fourth-order valence-corrected chi connectivity index (χ4v) is 2.75. The minimum absolute atomic E-state index is 0.884. The highest BCUT2D eigenvalue weighted by atomic mass is 15.5. The van der Waals surface area contributed by atoms with Gasteiger partial charge in [0.05, 0.1) is 5.71 Å². The first kappa shape index (κ1) is 11.9. The number of rotatable bonds is 1. The lowest BCUT2D eigenvalue weighted by molar-refractivity contribution is 0.817. The molecule has 1 heterocycles. The van der Waals surface area contributed by atoms with Crippen molar-refractivity contribution in [1.29, 1.82) is 0 Å². The van der Waals surface area contributed by atoms with E-state index in [9.17, 15) is 0 Å². The number of nitrogens with zero attached hydrogens (tertiary/aromatic N) is 2. The molecular weight excluding hydrogens is 258 g/mol. The molecule has 0 saturated carbocycles. The summed E-state index contributed by atoms with van der Waals surface area (Å²) in [5.74, 6) is 0. The Morgan fingerprint density at radius 2 is 1.67 bits per heavy atom. The molecule has 1 aliphatic heterocycles. The van der Waals surface area contributed by atoms with E-state index in [4.69, 9.17) is 0 Å². The molecule has 0 amide bonds. The monoisotopic (exact) mass is 271 g/mol. The van der Waals surface area contributed by atoms with Crippen molar-refractivity contribution in [2.45, 2.75) is 0 Å². The van der Waals surface area contributed by atoms with Crippen molar-refractivity contribution in [3.63, 3.8) is 0 Å². The third kappa shape index (κ3) is 1.99. The zero-order chi connectivity index (χ0) is 14.1. The molecule has 1 N–H and O–H groups in total. The van der Waals surface area contributed by atoms with Gasteiger partial charge in [-0.1, -0.05) is 54.6 Å². The van der Waals surface area contributed by atoms with E-state index in [0.29, 0.717) is 0 Å². The Hall–Kier alpha value is -2.94.